The van der Waals surface area contributed by atoms with E-state index in [1.54, 1.807) is 13.2 Å². The van der Waals surface area contributed by atoms with E-state index >= 15 is 0 Å². The van der Waals surface area contributed by atoms with Gasteiger partial charge in [-0.3, -0.25) is 4.79 Å². The molecule has 6 nitrogen and oxygen atoms in total. The van der Waals surface area contributed by atoms with E-state index in [4.69, 9.17) is 14.7 Å². The van der Waals surface area contributed by atoms with Crippen molar-refractivity contribution in [2.75, 3.05) is 38.2 Å². The first-order valence-corrected chi connectivity index (χ1v) is 10.9. The second kappa shape index (κ2) is 7.30. The molecule has 0 unspecified atom stereocenters. The molecule has 0 N–H and O–H groups in total. The van der Waals surface area contributed by atoms with Gasteiger partial charge in [-0.1, -0.05) is 6.07 Å². The first-order chi connectivity index (χ1) is 14.1. The first kappa shape index (κ1) is 18.4. The maximum absolute atomic E-state index is 12.9. The minimum absolute atomic E-state index is 0.0593. The molecule has 1 amide bonds. The number of anilines is 1. The van der Waals surface area contributed by atoms with E-state index in [0.29, 0.717) is 24.4 Å². The zero-order valence-electron chi connectivity index (χ0n) is 16.8. The van der Waals surface area contributed by atoms with Crippen LogP contribution >= 0.6 is 11.3 Å². The molecule has 2 aliphatic rings. The summed E-state index contributed by atoms with van der Waals surface area (Å²) in [5.41, 5.74) is 2.13. The highest BCUT2D eigenvalue weighted by molar-refractivity contribution is 7.19. The number of amides is 1. The monoisotopic (exact) mass is 408 g/mol. The van der Waals surface area contributed by atoms with Gasteiger partial charge in [0, 0.05) is 36.6 Å². The summed E-state index contributed by atoms with van der Waals surface area (Å²) in [7, 11) is 1.62. The highest BCUT2D eigenvalue weighted by Gasteiger charge is 2.28. The number of nitrogens with zero attached hydrogens (tertiary/aromatic N) is 4. The number of ether oxygens (including phenoxy) is 1. The first-order valence-electron chi connectivity index (χ1n) is 10.1. The summed E-state index contributed by atoms with van der Waals surface area (Å²) in [6.07, 6.45) is 3.52. The fourth-order valence-electron chi connectivity index (χ4n) is 4.37. The second-order valence-corrected chi connectivity index (χ2v) is 8.73. The molecule has 0 bridgehead atoms. The van der Waals surface area contributed by atoms with E-state index in [-0.39, 0.29) is 5.91 Å². The summed E-state index contributed by atoms with van der Waals surface area (Å²) in [4.78, 5) is 29.3. The number of thiophene rings is 1. The van der Waals surface area contributed by atoms with Crippen molar-refractivity contribution in [1.82, 2.24) is 14.9 Å². The molecular weight excluding hydrogens is 384 g/mol. The lowest BCUT2D eigenvalue weighted by Crippen LogP contribution is -2.49. The molecule has 150 valence electrons. The van der Waals surface area contributed by atoms with Crippen molar-refractivity contribution >= 4 is 33.3 Å². The molecule has 1 aliphatic heterocycles. The molecule has 1 saturated heterocycles. The number of rotatable bonds is 3. The molecule has 0 spiro atoms. The van der Waals surface area contributed by atoms with Crippen LogP contribution < -0.4 is 9.64 Å². The van der Waals surface area contributed by atoms with Gasteiger partial charge in [0.15, 0.2) is 0 Å². The third-order valence-electron chi connectivity index (χ3n) is 5.84. The number of benzene rings is 1. The Kier molecular flexibility index (Phi) is 4.62. The van der Waals surface area contributed by atoms with Gasteiger partial charge < -0.3 is 14.5 Å². The van der Waals surface area contributed by atoms with E-state index in [9.17, 15) is 4.79 Å². The Morgan fingerprint density at radius 1 is 1.14 bits per heavy atom. The van der Waals surface area contributed by atoms with Crippen LogP contribution in [0.2, 0.25) is 0 Å². The molecule has 1 aromatic carbocycles. The number of hydrogen-bond donors (Lipinski definition) is 0. The van der Waals surface area contributed by atoms with Gasteiger partial charge in [-0.2, -0.15) is 0 Å². The van der Waals surface area contributed by atoms with Crippen LogP contribution in [0.25, 0.3) is 10.2 Å². The quantitative estimate of drug-likeness (QED) is 0.664. The molecule has 3 aromatic rings. The molecule has 0 atom stereocenters. The molecule has 2 aromatic heterocycles. The second-order valence-electron chi connectivity index (χ2n) is 7.64. The van der Waals surface area contributed by atoms with Crippen LogP contribution in [0, 0.1) is 6.92 Å². The number of piperazine rings is 1. The zero-order chi connectivity index (χ0) is 20.0. The normalized spacial score (nSPS) is 16.3. The summed E-state index contributed by atoms with van der Waals surface area (Å²) in [6.45, 7) is 4.91. The molecule has 29 heavy (non-hydrogen) atoms. The van der Waals surface area contributed by atoms with Gasteiger partial charge in [-0.05, 0) is 49.9 Å². The molecule has 7 heteroatoms. The zero-order valence-corrected chi connectivity index (χ0v) is 17.6. The van der Waals surface area contributed by atoms with Gasteiger partial charge in [-0.25, -0.2) is 9.97 Å². The summed E-state index contributed by atoms with van der Waals surface area (Å²) >= 11 is 1.83. The topological polar surface area (TPSA) is 58.6 Å². The molecule has 1 aliphatic carbocycles. The van der Waals surface area contributed by atoms with Crippen molar-refractivity contribution in [3.05, 3.63) is 46.1 Å². The van der Waals surface area contributed by atoms with Gasteiger partial charge in [0.1, 0.15) is 22.2 Å². The Balaban J connectivity index is 1.38. The largest absolute Gasteiger partial charge is 0.497 e. The van der Waals surface area contributed by atoms with Gasteiger partial charge in [0.2, 0.25) is 0 Å². The van der Waals surface area contributed by atoms with Crippen molar-refractivity contribution in [3.63, 3.8) is 0 Å². The lowest BCUT2D eigenvalue weighted by molar-refractivity contribution is 0.0746. The molecule has 0 radical (unpaired) electrons. The Labute approximate surface area is 174 Å². The Hall–Kier alpha value is -2.67. The van der Waals surface area contributed by atoms with Crippen LogP contribution in [0.5, 0.6) is 5.75 Å². The van der Waals surface area contributed by atoms with Gasteiger partial charge in [-0.15, -0.1) is 11.3 Å². The van der Waals surface area contributed by atoms with E-state index in [1.807, 2.05) is 41.4 Å². The predicted octanol–water partition coefficient (Wildman–Crippen LogP) is 3.46. The SMILES string of the molecule is COc1cccc(C(=O)N2CCN(c3nc(C)nc4sc5c(c34)CCC5)CC2)c1. The van der Waals surface area contributed by atoms with Crippen molar-refractivity contribution < 1.29 is 9.53 Å². The number of hydrogen-bond acceptors (Lipinski definition) is 6. The predicted molar refractivity (Wildman–Crippen MR) is 115 cm³/mol. The van der Waals surface area contributed by atoms with Crippen molar-refractivity contribution in [3.8, 4) is 5.75 Å². The Bertz CT molecular complexity index is 1090. The fraction of sp³-hybridized carbons (Fsp3) is 0.409. The van der Waals surface area contributed by atoms with E-state index < -0.39 is 0 Å². The minimum atomic E-state index is 0.0593. The highest BCUT2D eigenvalue weighted by Crippen LogP contribution is 2.40. The number of fused-ring (bicyclic) bond motifs is 3. The Morgan fingerprint density at radius 2 is 1.97 bits per heavy atom. The number of aromatic nitrogens is 2. The number of carbonyl (C=O) groups is 1. The van der Waals surface area contributed by atoms with Crippen molar-refractivity contribution in [2.45, 2.75) is 26.2 Å². The van der Waals surface area contributed by atoms with Gasteiger partial charge >= 0.3 is 0 Å². The average molecular weight is 409 g/mol. The molecule has 1 fully saturated rings. The molecular formula is C22H24N4O2S. The van der Waals surface area contributed by atoms with E-state index in [2.05, 4.69) is 4.90 Å². The lowest BCUT2D eigenvalue weighted by atomic mass is 10.1. The van der Waals surface area contributed by atoms with Crippen LogP contribution in [-0.4, -0.2) is 54.1 Å². The summed E-state index contributed by atoms with van der Waals surface area (Å²) in [6, 6.07) is 7.38. The average Bonchev–Trinajstić information content (AvgIpc) is 3.33. The van der Waals surface area contributed by atoms with E-state index in [0.717, 1.165) is 42.4 Å². The number of methoxy groups -OCH3 is 1. The maximum atomic E-state index is 12.9. The number of aryl methyl sites for hydroxylation is 3. The summed E-state index contributed by atoms with van der Waals surface area (Å²) < 4.78 is 5.26. The van der Waals surface area contributed by atoms with Crippen LogP contribution in [0.3, 0.4) is 0 Å². The third kappa shape index (κ3) is 3.23. The maximum Gasteiger partial charge on any atom is 0.254 e. The molecule has 5 rings (SSSR count). The van der Waals surface area contributed by atoms with Crippen LogP contribution in [-0.2, 0) is 12.8 Å². The summed E-state index contributed by atoms with van der Waals surface area (Å²) in [5.74, 6) is 2.64. The number of carbonyl (C=O) groups excluding carboxylic acids is 1. The highest BCUT2D eigenvalue weighted by atomic mass is 32.1. The standard InChI is InChI=1S/C22H24N4O2S/c1-14-23-20(19-17-7-4-8-18(17)29-21(19)24-14)25-9-11-26(12-10-25)22(27)15-5-3-6-16(13-15)28-2/h3,5-6,13H,4,7-12H2,1-2H3. The van der Waals surface area contributed by atoms with Crippen LogP contribution in [0.15, 0.2) is 24.3 Å². The minimum Gasteiger partial charge on any atom is -0.497 e. The molecule has 3 heterocycles. The van der Waals surface area contributed by atoms with E-state index in [1.165, 1.54) is 22.2 Å². The summed E-state index contributed by atoms with van der Waals surface area (Å²) in [5, 5.41) is 1.25. The van der Waals surface area contributed by atoms with Crippen LogP contribution in [0.1, 0.15) is 33.0 Å². The van der Waals surface area contributed by atoms with Crippen molar-refractivity contribution in [2.24, 2.45) is 0 Å². The van der Waals surface area contributed by atoms with Gasteiger partial charge in [0.05, 0.1) is 12.5 Å². The third-order valence-corrected chi connectivity index (χ3v) is 7.03. The van der Waals surface area contributed by atoms with Crippen LogP contribution in [0.4, 0.5) is 5.82 Å². The molecule has 0 saturated carbocycles. The smallest absolute Gasteiger partial charge is 0.254 e. The Morgan fingerprint density at radius 3 is 2.76 bits per heavy atom. The van der Waals surface area contributed by atoms with Crippen molar-refractivity contribution in [1.29, 1.82) is 0 Å². The lowest BCUT2D eigenvalue weighted by Gasteiger charge is -2.36. The van der Waals surface area contributed by atoms with Gasteiger partial charge in [0.25, 0.3) is 5.91 Å². The fourth-order valence-corrected chi connectivity index (χ4v) is 5.67.